The van der Waals surface area contributed by atoms with Crippen molar-refractivity contribution in [3.05, 3.63) is 29.8 Å². The zero-order chi connectivity index (χ0) is 15.7. The molecule has 1 aromatic rings. The highest BCUT2D eigenvalue weighted by molar-refractivity contribution is 7.80. The van der Waals surface area contributed by atoms with Gasteiger partial charge in [-0.25, -0.2) is 0 Å². The molecule has 0 unspecified atom stereocenters. The summed E-state index contributed by atoms with van der Waals surface area (Å²) in [5.41, 5.74) is 6.40. The van der Waals surface area contributed by atoms with Crippen molar-refractivity contribution in [3.63, 3.8) is 0 Å². The van der Waals surface area contributed by atoms with Crippen LogP contribution in [0.15, 0.2) is 24.3 Å². The van der Waals surface area contributed by atoms with Gasteiger partial charge in [0.2, 0.25) is 5.91 Å². The molecule has 0 saturated carbocycles. The van der Waals surface area contributed by atoms with Crippen LogP contribution in [0.4, 0.5) is 0 Å². The van der Waals surface area contributed by atoms with Crippen molar-refractivity contribution in [1.29, 1.82) is 0 Å². The number of likely N-dealkylation sites (N-methyl/N-ethyl adjacent to an activating group) is 2. The lowest BCUT2D eigenvalue weighted by atomic mass is 10.2. The number of para-hydroxylation sites is 1. The quantitative estimate of drug-likeness (QED) is 0.670. The van der Waals surface area contributed by atoms with Gasteiger partial charge in [0.1, 0.15) is 17.3 Å². The number of amides is 1. The Morgan fingerprint density at radius 2 is 2.10 bits per heavy atom. The summed E-state index contributed by atoms with van der Waals surface area (Å²) in [5.74, 6) is 0.710. The van der Waals surface area contributed by atoms with Crippen molar-refractivity contribution in [3.8, 4) is 5.75 Å². The summed E-state index contributed by atoms with van der Waals surface area (Å²) in [5, 5.41) is 2.79. The van der Waals surface area contributed by atoms with E-state index in [9.17, 15) is 4.79 Å². The van der Waals surface area contributed by atoms with Crippen LogP contribution in [0.1, 0.15) is 19.4 Å². The predicted octanol–water partition coefficient (Wildman–Crippen LogP) is 1.16. The lowest BCUT2D eigenvalue weighted by molar-refractivity contribution is -0.122. The maximum Gasteiger partial charge on any atom is 0.234 e. The molecule has 0 atom stereocenters. The standard InChI is InChI=1S/C15H23N3O2S/c1-3-17-14(19)11-18(4-2)9-10-20-13-8-6-5-7-12(13)15(16)21/h5-8H,3-4,9-11H2,1-2H3,(H2,16,21)(H,17,19). The van der Waals surface area contributed by atoms with Gasteiger partial charge in [0.05, 0.1) is 12.1 Å². The molecular formula is C15H23N3O2S. The smallest absolute Gasteiger partial charge is 0.234 e. The number of nitrogens with two attached hydrogens (primary N) is 1. The van der Waals surface area contributed by atoms with E-state index in [-0.39, 0.29) is 5.91 Å². The second-order valence-corrected chi connectivity index (χ2v) is 4.97. The van der Waals surface area contributed by atoms with Gasteiger partial charge in [0, 0.05) is 13.1 Å². The molecule has 0 aliphatic rings. The number of carbonyl (C=O) groups is 1. The van der Waals surface area contributed by atoms with E-state index in [0.29, 0.717) is 37.0 Å². The minimum Gasteiger partial charge on any atom is -0.492 e. The summed E-state index contributed by atoms with van der Waals surface area (Å²) in [6, 6.07) is 7.43. The fourth-order valence-corrected chi connectivity index (χ4v) is 2.05. The zero-order valence-corrected chi connectivity index (χ0v) is 13.4. The molecule has 0 fully saturated rings. The zero-order valence-electron chi connectivity index (χ0n) is 12.6. The van der Waals surface area contributed by atoms with Crippen molar-refractivity contribution in [2.24, 2.45) is 5.73 Å². The van der Waals surface area contributed by atoms with E-state index in [1.54, 1.807) is 0 Å². The lowest BCUT2D eigenvalue weighted by Crippen LogP contribution is -2.39. The second kappa shape index (κ2) is 9.31. The second-order valence-electron chi connectivity index (χ2n) is 4.53. The number of nitrogens with one attached hydrogen (secondary N) is 1. The largest absolute Gasteiger partial charge is 0.492 e. The summed E-state index contributed by atoms with van der Waals surface area (Å²) >= 11 is 4.99. The Balaban J connectivity index is 2.48. The van der Waals surface area contributed by atoms with Crippen LogP contribution in [0.3, 0.4) is 0 Å². The van der Waals surface area contributed by atoms with E-state index in [4.69, 9.17) is 22.7 Å². The van der Waals surface area contributed by atoms with Crippen LogP contribution in [0, 0.1) is 0 Å². The number of thiocarbonyl (C=S) groups is 1. The predicted molar refractivity (Wildman–Crippen MR) is 88.6 cm³/mol. The number of benzene rings is 1. The SMILES string of the molecule is CCNC(=O)CN(CC)CCOc1ccccc1C(N)=S. The molecule has 0 aromatic heterocycles. The van der Waals surface area contributed by atoms with Gasteiger partial charge < -0.3 is 15.8 Å². The molecule has 21 heavy (non-hydrogen) atoms. The van der Waals surface area contributed by atoms with E-state index < -0.39 is 0 Å². The van der Waals surface area contributed by atoms with E-state index in [0.717, 1.165) is 12.1 Å². The highest BCUT2D eigenvalue weighted by Crippen LogP contribution is 2.17. The van der Waals surface area contributed by atoms with Crippen molar-refractivity contribution >= 4 is 23.1 Å². The molecule has 0 aliphatic heterocycles. The monoisotopic (exact) mass is 309 g/mol. The summed E-state index contributed by atoms with van der Waals surface area (Å²) in [6.45, 7) is 6.88. The van der Waals surface area contributed by atoms with Gasteiger partial charge in [0.25, 0.3) is 0 Å². The number of rotatable bonds is 9. The number of hydrogen-bond donors (Lipinski definition) is 2. The Labute approximate surface area is 131 Å². The van der Waals surface area contributed by atoms with Gasteiger partial charge in [-0.3, -0.25) is 9.69 Å². The van der Waals surface area contributed by atoms with Crippen molar-refractivity contribution in [1.82, 2.24) is 10.2 Å². The van der Waals surface area contributed by atoms with E-state index in [2.05, 4.69) is 5.32 Å². The molecular weight excluding hydrogens is 286 g/mol. The van der Waals surface area contributed by atoms with Gasteiger partial charge in [0.15, 0.2) is 0 Å². The first-order valence-corrected chi connectivity index (χ1v) is 7.50. The van der Waals surface area contributed by atoms with Gasteiger partial charge in [-0.1, -0.05) is 31.3 Å². The third-order valence-electron chi connectivity index (χ3n) is 3.01. The molecule has 1 rings (SSSR count). The number of nitrogens with zero attached hydrogens (tertiary/aromatic N) is 1. The van der Waals surface area contributed by atoms with Crippen LogP contribution in [0.25, 0.3) is 0 Å². The summed E-state index contributed by atoms with van der Waals surface area (Å²) < 4.78 is 5.73. The normalized spacial score (nSPS) is 10.4. The first-order chi connectivity index (χ1) is 10.1. The van der Waals surface area contributed by atoms with E-state index >= 15 is 0 Å². The number of hydrogen-bond acceptors (Lipinski definition) is 4. The molecule has 3 N–H and O–H groups in total. The summed E-state index contributed by atoms with van der Waals surface area (Å²) in [6.07, 6.45) is 0. The third-order valence-corrected chi connectivity index (χ3v) is 3.23. The average molecular weight is 309 g/mol. The van der Waals surface area contributed by atoms with Crippen LogP contribution >= 0.6 is 12.2 Å². The van der Waals surface area contributed by atoms with Gasteiger partial charge in [-0.05, 0) is 25.6 Å². The molecule has 5 nitrogen and oxygen atoms in total. The molecule has 0 radical (unpaired) electrons. The van der Waals surface area contributed by atoms with E-state index in [1.165, 1.54) is 0 Å². The molecule has 1 amide bonds. The summed E-state index contributed by atoms with van der Waals surface area (Å²) in [7, 11) is 0. The fourth-order valence-electron chi connectivity index (χ4n) is 1.89. The Morgan fingerprint density at radius 1 is 1.38 bits per heavy atom. The van der Waals surface area contributed by atoms with Gasteiger partial charge in [-0.15, -0.1) is 0 Å². The van der Waals surface area contributed by atoms with Crippen LogP contribution in [0.5, 0.6) is 5.75 Å². The van der Waals surface area contributed by atoms with Crippen LogP contribution in [-0.2, 0) is 4.79 Å². The van der Waals surface area contributed by atoms with Crippen molar-refractivity contribution in [2.45, 2.75) is 13.8 Å². The van der Waals surface area contributed by atoms with Crippen LogP contribution in [-0.4, -0.2) is 48.6 Å². The minimum atomic E-state index is 0.0305. The Bertz CT molecular complexity index is 480. The molecule has 0 heterocycles. The molecule has 0 bridgehead atoms. The number of ether oxygens (including phenoxy) is 1. The maximum absolute atomic E-state index is 11.6. The fraction of sp³-hybridized carbons (Fsp3) is 0.467. The average Bonchev–Trinajstić information content (AvgIpc) is 2.46. The highest BCUT2D eigenvalue weighted by atomic mass is 32.1. The molecule has 0 spiro atoms. The van der Waals surface area contributed by atoms with E-state index in [1.807, 2.05) is 43.0 Å². The third kappa shape index (κ3) is 6.10. The molecule has 1 aromatic carbocycles. The molecule has 0 aliphatic carbocycles. The topological polar surface area (TPSA) is 67.6 Å². The molecule has 116 valence electrons. The molecule has 6 heteroatoms. The van der Waals surface area contributed by atoms with Crippen molar-refractivity contribution in [2.75, 3.05) is 32.8 Å². The first-order valence-electron chi connectivity index (χ1n) is 7.09. The minimum absolute atomic E-state index is 0.0305. The van der Waals surface area contributed by atoms with Gasteiger partial charge >= 0.3 is 0 Å². The summed E-state index contributed by atoms with van der Waals surface area (Å²) in [4.78, 5) is 13.9. The first kappa shape index (κ1) is 17.4. The Morgan fingerprint density at radius 3 is 2.71 bits per heavy atom. The van der Waals surface area contributed by atoms with Crippen LogP contribution < -0.4 is 15.8 Å². The Hall–Kier alpha value is -1.66. The highest BCUT2D eigenvalue weighted by Gasteiger charge is 2.09. The van der Waals surface area contributed by atoms with Crippen LogP contribution in [0.2, 0.25) is 0 Å². The Kier molecular flexibility index (Phi) is 7.71. The van der Waals surface area contributed by atoms with Crippen molar-refractivity contribution < 1.29 is 9.53 Å². The maximum atomic E-state index is 11.6. The number of carbonyl (C=O) groups excluding carboxylic acids is 1. The molecule has 0 saturated heterocycles. The lowest BCUT2D eigenvalue weighted by Gasteiger charge is -2.20. The van der Waals surface area contributed by atoms with Gasteiger partial charge in [-0.2, -0.15) is 0 Å².